The molecule has 0 saturated carbocycles. The van der Waals surface area contributed by atoms with Crippen molar-refractivity contribution >= 4 is 33.1 Å². The molecular formula is C24H28N4. The Balaban J connectivity index is 1.57. The highest BCUT2D eigenvalue weighted by Gasteiger charge is 2.15. The van der Waals surface area contributed by atoms with E-state index in [1.165, 1.54) is 60.9 Å². The van der Waals surface area contributed by atoms with Gasteiger partial charge in [0.05, 0.1) is 16.6 Å². The fraction of sp³-hybridized carbons (Fsp3) is 0.417. The van der Waals surface area contributed by atoms with Crippen molar-refractivity contribution in [3.05, 3.63) is 47.5 Å². The number of piperidine rings is 1. The Kier molecular flexibility index (Phi) is 4.52. The van der Waals surface area contributed by atoms with Gasteiger partial charge in [0.25, 0.3) is 0 Å². The number of aryl methyl sites for hydroxylation is 3. The van der Waals surface area contributed by atoms with E-state index < -0.39 is 0 Å². The molecule has 0 amide bonds. The molecule has 0 unspecified atom stereocenters. The zero-order valence-corrected chi connectivity index (χ0v) is 16.9. The maximum absolute atomic E-state index is 5.07. The van der Waals surface area contributed by atoms with Crippen LogP contribution < -0.4 is 0 Å². The molecule has 0 bridgehead atoms. The third-order valence-corrected chi connectivity index (χ3v) is 6.27. The number of nitrogens with zero attached hydrogens (tertiary/aromatic N) is 4. The van der Waals surface area contributed by atoms with Gasteiger partial charge in [0, 0.05) is 11.9 Å². The second kappa shape index (κ2) is 7.17. The molecule has 4 nitrogen and oxygen atoms in total. The minimum Gasteiger partial charge on any atom is -0.324 e. The Morgan fingerprint density at radius 3 is 2.36 bits per heavy atom. The van der Waals surface area contributed by atoms with Crippen molar-refractivity contribution in [1.29, 1.82) is 0 Å². The maximum atomic E-state index is 5.07. The molecule has 1 aliphatic rings. The molecule has 28 heavy (non-hydrogen) atoms. The fourth-order valence-electron chi connectivity index (χ4n) is 4.56. The van der Waals surface area contributed by atoms with Crippen molar-refractivity contribution in [1.82, 2.24) is 19.4 Å². The molecule has 5 rings (SSSR count). The molecule has 0 aliphatic carbocycles. The summed E-state index contributed by atoms with van der Waals surface area (Å²) in [7, 11) is 0. The smallest absolute Gasteiger partial charge is 0.160 e. The summed E-state index contributed by atoms with van der Waals surface area (Å²) in [5.41, 5.74) is 7.84. The number of hydrogen-bond acceptors (Lipinski definition) is 3. The summed E-state index contributed by atoms with van der Waals surface area (Å²) >= 11 is 0. The summed E-state index contributed by atoms with van der Waals surface area (Å²) in [6.07, 6.45) is 5.25. The van der Waals surface area contributed by atoms with Crippen LogP contribution in [-0.4, -0.2) is 39.1 Å². The van der Waals surface area contributed by atoms with Crippen LogP contribution in [0.1, 0.15) is 36.8 Å². The molecule has 0 atom stereocenters. The number of fused-ring (bicyclic) bond motifs is 4. The zero-order valence-electron chi connectivity index (χ0n) is 16.9. The van der Waals surface area contributed by atoms with Gasteiger partial charge >= 0.3 is 0 Å². The highest BCUT2D eigenvalue weighted by Crippen LogP contribution is 2.29. The van der Waals surface area contributed by atoms with Gasteiger partial charge in [-0.05, 0) is 82.1 Å². The van der Waals surface area contributed by atoms with Gasteiger partial charge in [-0.15, -0.1) is 0 Å². The van der Waals surface area contributed by atoms with E-state index in [1.54, 1.807) is 0 Å². The summed E-state index contributed by atoms with van der Waals surface area (Å²) in [6, 6.07) is 13.0. The average molecular weight is 373 g/mol. The van der Waals surface area contributed by atoms with E-state index in [0.717, 1.165) is 35.2 Å². The van der Waals surface area contributed by atoms with E-state index in [4.69, 9.17) is 9.97 Å². The monoisotopic (exact) mass is 372 g/mol. The second-order valence-corrected chi connectivity index (χ2v) is 8.25. The quantitative estimate of drug-likeness (QED) is 0.492. The predicted octanol–water partition coefficient (Wildman–Crippen LogP) is 5.23. The van der Waals surface area contributed by atoms with Crippen LogP contribution in [0.15, 0.2) is 36.4 Å². The van der Waals surface area contributed by atoms with E-state index in [0.29, 0.717) is 0 Å². The van der Waals surface area contributed by atoms with Crippen LogP contribution in [0.2, 0.25) is 0 Å². The van der Waals surface area contributed by atoms with Gasteiger partial charge in [0.2, 0.25) is 0 Å². The largest absolute Gasteiger partial charge is 0.324 e. The van der Waals surface area contributed by atoms with Gasteiger partial charge in [-0.2, -0.15) is 0 Å². The molecule has 2 aromatic carbocycles. The standard InChI is InChI=1S/C24H28N4/c1-17-15-20-21(16-18(17)2)26-24-23(25-20)19-9-4-5-10-22(19)28(24)14-8-13-27-11-6-3-7-12-27/h4-5,9-10,15-16H,3,6-8,11-14H2,1-2H3. The number of benzene rings is 2. The van der Waals surface area contributed by atoms with Crippen molar-refractivity contribution in [2.75, 3.05) is 19.6 Å². The lowest BCUT2D eigenvalue weighted by molar-refractivity contribution is 0.223. The lowest BCUT2D eigenvalue weighted by Gasteiger charge is -2.26. The first-order valence-electron chi connectivity index (χ1n) is 10.6. The van der Waals surface area contributed by atoms with Crippen LogP contribution in [0.4, 0.5) is 0 Å². The van der Waals surface area contributed by atoms with Crippen LogP contribution in [0, 0.1) is 13.8 Å². The minimum atomic E-state index is 0.992. The van der Waals surface area contributed by atoms with Gasteiger partial charge < -0.3 is 9.47 Å². The normalized spacial score (nSPS) is 15.8. The van der Waals surface area contributed by atoms with Gasteiger partial charge in [-0.3, -0.25) is 0 Å². The number of para-hydroxylation sites is 1. The first-order chi connectivity index (χ1) is 13.7. The van der Waals surface area contributed by atoms with Crippen LogP contribution in [0.5, 0.6) is 0 Å². The molecule has 4 heteroatoms. The molecule has 1 aliphatic heterocycles. The third-order valence-electron chi connectivity index (χ3n) is 6.27. The number of hydrogen-bond donors (Lipinski definition) is 0. The van der Waals surface area contributed by atoms with Crippen molar-refractivity contribution in [3.8, 4) is 0 Å². The lowest BCUT2D eigenvalue weighted by atomic mass is 10.1. The van der Waals surface area contributed by atoms with Crippen molar-refractivity contribution in [3.63, 3.8) is 0 Å². The SMILES string of the molecule is Cc1cc2nc3c4ccccc4n(CCCN4CCCCC4)c3nc2cc1C. The Bertz CT molecular complexity index is 1150. The third kappa shape index (κ3) is 3.06. The first kappa shape index (κ1) is 17.6. The summed E-state index contributed by atoms with van der Waals surface area (Å²) < 4.78 is 2.39. The van der Waals surface area contributed by atoms with Gasteiger partial charge in [-0.25, -0.2) is 9.97 Å². The maximum Gasteiger partial charge on any atom is 0.160 e. The van der Waals surface area contributed by atoms with Gasteiger partial charge in [0.15, 0.2) is 5.65 Å². The highest BCUT2D eigenvalue weighted by molar-refractivity contribution is 6.06. The molecule has 0 radical (unpaired) electrons. The molecular weight excluding hydrogens is 344 g/mol. The van der Waals surface area contributed by atoms with Gasteiger partial charge in [-0.1, -0.05) is 24.6 Å². The molecule has 3 heterocycles. The molecule has 4 aromatic rings. The summed E-state index contributed by atoms with van der Waals surface area (Å²) in [6.45, 7) is 8.98. The lowest BCUT2D eigenvalue weighted by Crippen LogP contribution is -2.31. The Hall–Kier alpha value is -2.46. The van der Waals surface area contributed by atoms with Crippen LogP contribution in [0.3, 0.4) is 0 Å². The van der Waals surface area contributed by atoms with Crippen LogP contribution in [-0.2, 0) is 6.54 Å². The first-order valence-corrected chi connectivity index (χ1v) is 10.6. The summed E-state index contributed by atoms with van der Waals surface area (Å²) in [5.74, 6) is 0. The molecule has 144 valence electrons. The molecule has 0 spiro atoms. The van der Waals surface area contributed by atoms with Crippen LogP contribution >= 0.6 is 0 Å². The summed E-state index contributed by atoms with van der Waals surface area (Å²) in [4.78, 5) is 12.7. The highest BCUT2D eigenvalue weighted by atomic mass is 15.1. The second-order valence-electron chi connectivity index (χ2n) is 8.25. The fourth-order valence-corrected chi connectivity index (χ4v) is 4.56. The Morgan fingerprint density at radius 1 is 0.857 bits per heavy atom. The van der Waals surface area contributed by atoms with E-state index in [1.807, 2.05) is 0 Å². The number of rotatable bonds is 4. The average Bonchev–Trinajstić information content (AvgIpc) is 3.01. The minimum absolute atomic E-state index is 0.992. The van der Waals surface area contributed by atoms with Crippen molar-refractivity contribution < 1.29 is 0 Å². The predicted molar refractivity (Wildman–Crippen MR) is 117 cm³/mol. The number of likely N-dealkylation sites (tertiary alicyclic amines) is 1. The number of aromatic nitrogens is 3. The van der Waals surface area contributed by atoms with Crippen LogP contribution in [0.25, 0.3) is 33.1 Å². The van der Waals surface area contributed by atoms with E-state index >= 15 is 0 Å². The Morgan fingerprint density at radius 2 is 1.57 bits per heavy atom. The molecule has 0 N–H and O–H groups in total. The van der Waals surface area contributed by atoms with Gasteiger partial charge in [0.1, 0.15) is 5.52 Å². The molecule has 1 fully saturated rings. The Labute approximate surface area is 166 Å². The van der Waals surface area contributed by atoms with E-state index in [9.17, 15) is 0 Å². The molecule has 1 saturated heterocycles. The van der Waals surface area contributed by atoms with Crippen molar-refractivity contribution in [2.45, 2.75) is 46.1 Å². The van der Waals surface area contributed by atoms with E-state index in [-0.39, 0.29) is 0 Å². The zero-order chi connectivity index (χ0) is 19.1. The molecule has 2 aromatic heterocycles. The van der Waals surface area contributed by atoms with E-state index in [2.05, 4.69) is 59.7 Å². The summed E-state index contributed by atoms with van der Waals surface area (Å²) in [5, 5.41) is 1.21. The topological polar surface area (TPSA) is 34.0 Å². The van der Waals surface area contributed by atoms with Crippen molar-refractivity contribution in [2.24, 2.45) is 0 Å².